The fourth-order valence-electron chi connectivity index (χ4n) is 3.83. The molecule has 2 fully saturated rings. The maximum atomic E-state index is 11.8. The van der Waals surface area contributed by atoms with E-state index in [2.05, 4.69) is 63.3 Å². The number of halogens is 1. The van der Waals surface area contributed by atoms with Crippen molar-refractivity contribution in [3.63, 3.8) is 0 Å². The summed E-state index contributed by atoms with van der Waals surface area (Å²) in [5.41, 5.74) is -0.371. The van der Waals surface area contributed by atoms with Gasteiger partial charge in [-0.3, -0.25) is 19.3 Å². The predicted octanol–water partition coefficient (Wildman–Crippen LogP) is -3.39. The number of ether oxygens (including phenoxy) is 2. The van der Waals surface area contributed by atoms with Crippen molar-refractivity contribution in [2.45, 2.75) is 115 Å². The number of hydrogen-bond acceptors (Lipinski definition) is 13. The molecule has 0 aliphatic carbocycles. The number of alkyl halides is 1. The number of hydrogen-bond donors (Lipinski definition) is 0. The van der Waals surface area contributed by atoms with Crippen LogP contribution < -0.4 is 149 Å². The van der Waals surface area contributed by atoms with Gasteiger partial charge >= 0.3 is 164 Å². The SMILES string of the molecule is CC1(C)OB(C2=CCN=C2)OC1(C)C.COC(=O)C(C)(C)Br.COC(=O)C(C)(C)n1cc(B2OC(C)(C)C(C)(C)O2)cn1.O=CO[O-].[Cs+].[Cs+].[H-]. The maximum Gasteiger partial charge on any atom is 1.00 e. The zero-order chi connectivity index (χ0) is 36.6. The van der Waals surface area contributed by atoms with Crippen LogP contribution in [0.5, 0.6) is 0 Å². The smallest absolute Gasteiger partial charge is 1.00 e. The number of esters is 2. The van der Waals surface area contributed by atoms with Crippen LogP contribution >= 0.6 is 15.9 Å². The van der Waals surface area contributed by atoms with E-state index in [-0.39, 0.29) is 176 Å². The van der Waals surface area contributed by atoms with Crippen LogP contribution in [0, 0.1) is 0 Å². The fraction of sp³-hybridized carbons (Fsp3) is 0.700. The second kappa shape index (κ2) is 21.6. The van der Waals surface area contributed by atoms with Crippen LogP contribution in [0.1, 0.15) is 84.5 Å². The van der Waals surface area contributed by atoms with Gasteiger partial charge in [0.1, 0.15) is 4.32 Å². The summed E-state index contributed by atoms with van der Waals surface area (Å²) < 4.78 is 33.9. The van der Waals surface area contributed by atoms with Gasteiger partial charge in [0, 0.05) is 24.1 Å². The Morgan fingerprint density at radius 1 is 0.898 bits per heavy atom. The van der Waals surface area contributed by atoms with Gasteiger partial charge in [0.2, 0.25) is 0 Å². The molecule has 0 aromatic carbocycles. The zero-order valence-electron chi connectivity index (χ0n) is 33.0. The van der Waals surface area contributed by atoms with Gasteiger partial charge in [0.25, 0.3) is 6.47 Å². The minimum Gasteiger partial charge on any atom is -1.00 e. The molecule has 0 atom stereocenters. The van der Waals surface area contributed by atoms with Crippen LogP contribution in [0.3, 0.4) is 0 Å². The molecule has 1 aromatic heterocycles. The van der Waals surface area contributed by atoms with E-state index < -0.39 is 28.2 Å². The molecule has 0 saturated carbocycles. The molecule has 0 radical (unpaired) electrons. The average Bonchev–Trinajstić information content (AvgIpc) is 3.75. The van der Waals surface area contributed by atoms with Crippen LogP contribution in [0.4, 0.5) is 0 Å². The Kier molecular flexibility index (Phi) is 23.2. The topological polar surface area (TPSA) is 169 Å². The third-order valence-corrected chi connectivity index (χ3v) is 8.62. The van der Waals surface area contributed by atoms with E-state index in [0.717, 1.165) is 17.5 Å². The summed E-state index contributed by atoms with van der Waals surface area (Å²) in [4.78, 5) is 37.8. The Balaban J connectivity index is -0.000000661. The number of methoxy groups -OCH3 is 2. The van der Waals surface area contributed by atoms with Gasteiger partial charge in [-0.15, -0.1) is 0 Å². The van der Waals surface area contributed by atoms with Gasteiger partial charge in [-0.25, -0.2) is 4.79 Å². The van der Waals surface area contributed by atoms with E-state index in [9.17, 15) is 9.59 Å². The van der Waals surface area contributed by atoms with Crippen LogP contribution in [-0.4, -0.2) is 96.1 Å². The van der Waals surface area contributed by atoms with Gasteiger partial charge in [0.05, 0.1) is 43.2 Å². The van der Waals surface area contributed by atoms with Gasteiger partial charge in [0.15, 0.2) is 5.54 Å². The molecule has 0 spiro atoms. The van der Waals surface area contributed by atoms with Gasteiger partial charge in [-0.05, 0) is 88.6 Å². The maximum absolute atomic E-state index is 11.8. The van der Waals surface area contributed by atoms with Crippen LogP contribution in [0.15, 0.2) is 28.9 Å². The summed E-state index contributed by atoms with van der Waals surface area (Å²) >= 11 is 3.13. The molecule has 0 amide bonds. The molecule has 19 heteroatoms. The van der Waals surface area contributed by atoms with E-state index in [0.29, 0.717) is 0 Å². The van der Waals surface area contributed by atoms with E-state index in [4.69, 9.17) is 33.4 Å². The first-order chi connectivity index (χ1) is 21.3. The molecule has 4 rings (SSSR count). The van der Waals surface area contributed by atoms with Crippen molar-refractivity contribution in [1.82, 2.24) is 9.78 Å². The van der Waals surface area contributed by atoms with E-state index in [1.807, 2.05) is 40.0 Å². The molecule has 0 bridgehead atoms. The van der Waals surface area contributed by atoms with Gasteiger partial charge in [-0.1, -0.05) is 22.0 Å². The third-order valence-electron chi connectivity index (χ3n) is 8.29. The Labute approximate surface area is 419 Å². The third kappa shape index (κ3) is 15.0. The summed E-state index contributed by atoms with van der Waals surface area (Å²) in [6.45, 7) is 23.7. The Bertz CT molecular complexity index is 1280. The Hall–Kier alpha value is 1.54. The van der Waals surface area contributed by atoms with Crippen molar-refractivity contribution in [1.29, 1.82) is 0 Å². The number of nitrogens with zero attached hydrogens (tertiary/aromatic N) is 3. The van der Waals surface area contributed by atoms with E-state index in [1.54, 1.807) is 44.8 Å². The molecule has 2 saturated heterocycles. The second-order valence-corrected chi connectivity index (χ2v) is 15.8. The normalized spacial score (nSPS) is 19.1. The number of carbonyl (C=O) groups excluding carboxylic acids is 3. The second-order valence-electron chi connectivity index (χ2n) is 13.8. The molecule has 3 aliphatic heterocycles. The molecule has 3 aliphatic rings. The monoisotopic (exact) mass is 995 g/mol. The van der Waals surface area contributed by atoms with Crippen molar-refractivity contribution < 1.29 is 192 Å². The first kappa shape index (κ1) is 52.6. The minimum atomic E-state index is -0.878. The summed E-state index contributed by atoms with van der Waals surface area (Å²) in [5.74, 6) is -0.608. The van der Waals surface area contributed by atoms with E-state index in [1.165, 1.54) is 14.2 Å². The number of aliphatic imine (C=N–C) groups is 1. The molecular weight excluding hydrogens is 946 g/mol. The Morgan fingerprint density at radius 3 is 1.61 bits per heavy atom. The van der Waals surface area contributed by atoms with Crippen LogP contribution in [0.2, 0.25) is 0 Å². The molecule has 49 heavy (non-hydrogen) atoms. The number of rotatable bonds is 6. The van der Waals surface area contributed by atoms with Crippen molar-refractivity contribution in [2.24, 2.45) is 4.99 Å². The van der Waals surface area contributed by atoms with Crippen molar-refractivity contribution in [2.75, 3.05) is 20.8 Å². The standard InChI is InChI=1S/C14H23BN2O4.C10H16BNO2.C5H9BrO2.CH2O3.2Cs.H/c1-12(2,11(18)19-7)17-9-10(8-16-17)15-20-13(3,4)14(5,6)21-15;1-9(2)10(3,4)14-11(13-9)8-5-6-12-7-8;1-5(2,6)4(7)8-3;2-1-4-3;;;/h8-9H,1-7H3;5,7H,6H2,1-4H3;1-3H3;1,3H;;;/q;;;;2*+1;-1/p-1. The molecule has 14 nitrogen and oxygen atoms in total. The summed E-state index contributed by atoms with van der Waals surface area (Å²) in [6, 6.07) is 0. The Morgan fingerprint density at radius 2 is 1.31 bits per heavy atom. The average molecular weight is 996 g/mol. The summed E-state index contributed by atoms with van der Waals surface area (Å²) in [5, 5.41) is 12.7. The van der Waals surface area contributed by atoms with Crippen molar-refractivity contribution in [3.8, 4) is 0 Å². The molecular formula is C30H50B2BrCs2N3O11. The largest absolute Gasteiger partial charge is 1.00 e. The van der Waals surface area contributed by atoms with Crippen LogP contribution in [0.25, 0.3) is 0 Å². The van der Waals surface area contributed by atoms with Gasteiger partial charge < -0.3 is 39.7 Å². The number of carbonyl (C=O) groups is 3. The summed E-state index contributed by atoms with van der Waals surface area (Å²) in [7, 11) is 2.00. The fourth-order valence-corrected chi connectivity index (χ4v) is 4.00. The number of allylic oxidation sites excluding steroid dienone is 1. The zero-order valence-corrected chi connectivity index (χ0v) is 46.1. The van der Waals surface area contributed by atoms with E-state index >= 15 is 0 Å². The minimum absolute atomic E-state index is 0. The number of aromatic nitrogens is 2. The quantitative estimate of drug-likeness (QED) is 0.0694. The molecule has 0 unspecified atom stereocenters. The molecule has 4 heterocycles. The molecule has 266 valence electrons. The first-order valence-electron chi connectivity index (χ1n) is 14.9. The molecule has 1 aromatic rings. The van der Waals surface area contributed by atoms with Crippen molar-refractivity contribution in [3.05, 3.63) is 23.9 Å². The summed E-state index contributed by atoms with van der Waals surface area (Å²) in [6.07, 6.45) is 7.30. The first-order valence-corrected chi connectivity index (χ1v) is 15.7. The van der Waals surface area contributed by atoms with Crippen molar-refractivity contribution >= 4 is 60.3 Å². The van der Waals surface area contributed by atoms with Crippen LogP contribution in [-0.2, 0) is 52.9 Å². The predicted molar refractivity (Wildman–Crippen MR) is 180 cm³/mol. The van der Waals surface area contributed by atoms with Gasteiger partial charge in [-0.2, -0.15) is 5.10 Å². The molecule has 0 N–H and O–H groups in total.